The predicted octanol–water partition coefficient (Wildman–Crippen LogP) is 0.770. The molecule has 31 heavy (non-hydrogen) atoms. The van der Waals surface area contributed by atoms with Gasteiger partial charge >= 0.3 is 5.97 Å². The summed E-state index contributed by atoms with van der Waals surface area (Å²) in [5.41, 5.74) is -0.107. The summed E-state index contributed by atoms with van der Waals surface area (Å²) in [6.07, 6.45) is -1.17. The Hall–Kier alpha value is -2.86. The number of β-amino-alcohol motifs (C(OH)–C–C–N with tert-alkyl or cyclic N) is 1. The van der Waals surface area contributed by atoms with Crippen LogP contribution in [0.1, 0.15) is 6.42 Å². The van der Waals surface area contributed by atoms with Crippen LogP contribution >= 0.6 is 11.6 Å². The molecule has 1 aliphatic heterocycles. The molecule has 3 aromatic rings. The van der Waals surface area contributed by atoms with Gasteiger partial charge < -0.3 is 9.84 Å². The van der Waals surface area contributed by atoms with Crippen molar-refractivity contribution in [3.05, 3.63) is 63.9 Å². The van der Waals surface area contributed by atoms with Gasteiger partial charge in [0.15, 0.2) is 6.73 Å². The molecule has 1 aliphatic rings. The first-order chi connectivity index (χ1) is 14.8. The minimum atomic E-state index is -4.09. The number of sulfonamides is 1. The van der Waals surface area contributed by atoms with Gasteiger partial charge in [-0.3, -0.25) is 9.59 Å². The Morgan fingerprint density at radius 2 is 1.90 bits per heavy atom. The fourth-order valence-corrected chi connectivity index (χ4v) is 5.09. The van der Waals surface area contributed by atoms with Crippen molar-refractivity contribution in [1.29, 1.82) is 0 Å². The van der Waals surface area contributed by atoms with E-state index in [1.807, 2.05) is 0 Å². The third-order valence-corrected chi connectivity index (χ3v) is 7.03. The fraction of sp³-hybridized carbons (Fsp3) is 0.263. The number of hydrogen-bond donors (Lipinski definition) is 1. The highest BCUT2D eigenvalue weighted by molar-refractivity contribution is 7.89. The summed E-state index contributed by atoms with van der Waals surface area (Å²) in [4.78, 5) is 25.1. The first kappa shape index (κ1) is 21.4. The van der Waals surface area contributed by atoms with Crippen LogP contribution in [0.4, 0.5) is 0 Å². The van der Waals surface area contributed by atoms with E-state index in [2.05, 4.69) is 10.3 Å². The van der Waals surface area contributed by atoms with Gasteiger partial charge in [-0.1, -0.05) is 28.9 Å². The van der Waals surface area contributed by atoms with Crippen LogP contribution in [0.2, 0.25) is 5.02 Å². The molecule has 0 spiro atoms. The van der Waals surface area contributed by atoms with Gasteiger partial charge in [-0.2, -0.15) is 8.99 Å². The smallest absolute Gasteiger partial charge is 0.326 e. The summed E-state index contributed by atoms with van der Waals surface area (Å²) in [5.74, 6) is -0.907. The average molecular weight is 465 g/mol. The summed E-state index contributed by atoms with van der Waals surface area (Å²) in [7, 11) is -4.09. The molecule has 12 heteroatoms. The van der Waals surface area contributed by atoms with Crippen molar-refractivity contribution < 1.29 is 23.1 Å². The molecule has 0 aliphatic carbocycles. The van der Waals surface area contributed by atoms with Crippen molar-refractivity contribution >= 4 is 38.5 Å². The van der Waals surface area contributed by atoms with E-state index in [1.165, 1.54) is 24.3 Å². The Morgan fingerprint density at radius 3 is 2.65 bits per heavy atom. The molecule has 1 fully saturated rings. The molecule has 1 N–H and O–H groups in total. The first-order valence-corrected chi connectivity index (χ1v) is 11.0. The highest BCUT2D eigenvalue weighted by Gasteiger charge is 2.44. The quantitative estimate of drug-likeness (QED) is 0.547. The van der Waals surface area contributed by atoms with E-state index in [0.29, 0.717) is 15.9 Å². The topological polar surface area (TPSA) is 132 Å². The molecule has 2 aromatic carbocycles. The molecule has 162 valence electrons. The lowest BCUT2D eigenvalue weighted by Crippen LogP contribution is -2.42. The van der Waals surface area contributed by atoms with E-state index >= 15 is 0 Å². The zero-order chi connectivity index (χ0) is 22.2. The Balaban J connectivity index is 1.54. The standard InChI is InChI=1S/C19H17ClN4O6S/c20-12-5-7-14(8-6-12)31(28,29)24-10-13(25)9-17(24)19(27)30-11-23-18(26)15-3-1-2-4-16(15)21-22-23/h1-8,13,17,25H,9-11H2/t13-,17+/m1/s1. The number of benzene rings is 2. The summed E-state index contributed by atoms with van der Waals surface area (Å²) >= 11 is 5.81. The van der Waals surface area contributed by atoms with E-state index in [1.54, 1.807) is 24.3 Å². The fourth-order valence-electron chi connectivity index (χ4n) is 3.34. The molecule has 0 radical (unpaired) electrons. The number of carbonyl (C=O) groups is 1. The molecule has 4 rings (SSSR count). The SMILES string of the molecule is O=C(OCn1nnc2ccccc2c1=O)[C@@H]1C[C@@H](O)CN1S(=O)(=O)c1ccc(Cl)cc1. The van der Waals surface area contributed by atoms with Gasteiger partial charge in [-0.05, 0) is 36.4 Å². The van der Waals surface area contributed by atoms with Gasteiger partial charge in [0.2, 0.25) is 10.0 Å². The Kier molecular flexibility index (Phi) is 5.75. The summed E-state index contributed by atoms with van der Waals surface area (Å²) in [5, 5.41) is 18.3. The van der Waals surface area contributed by atoms with Crippen molar-refractivity contribution in [1.82, 2.24) is 19.3 Å². The highest BCUT2D eigenvalue weighted by atomic mass is 35.5. The number of fused-ring (bicyclic) bond motifs is 1. The van der Waals surface area contributed by atoms with Gasteiger partial charge in [-0.15, -0.1) is 5.10 Å². The lowest BCUT2D eigenvalue weighted by molar-refractivity contribution is -0.152. The molecule has 10 nitrogen and oxygen atoms in total. The number of aromatic nitrogens is 3. The lowest BCUT2D eigenvalue weighted by atomic mass is 10.2. The second-order valence-electron chi connectivity index (χ2n) is 6.94. The van der Waals surface area contributed by atoms with Crippen molar-refractivity contribution in [2.75, 3.05) is 6.54 Å². The molecule has 0 unspecified atom stereocenters. The number of aliphatic hydroxyl groups excluding tert-OH is 1. The minimum absolute atomic E-state index is 0.0691. The maximum Gasteiger partial charge on any atom is 0.326 e. The largest absolute Gasteiger partial charge is 0.441 e. The molecule has 1 aromatic heterocycles. The van der Waals surface area contributed by atoms with Gasteiger partial charge in [0.25, 0.3) is 5.56 Å². The maximum atomic E-state index is 13.0. The van der Waals surface area contributed by atoms with E-state index < -0.39 is 40.4 Å². The van der Waals surface area contributed by atoms with Crippen LogP contribution in [-0.4, -0.2) is 57.5 Å². The van der Waals surface area contributed by atoms with E-state index in [0.717, 1.165) is 8.99 Å². The number of rotatable bonds is 5. The number of esters is 1. The van der Waals surface area contributed by atoms with Crippen molar-refractivity contribution in [3.8, 4) is 0 Å². The van der Waals surface area contributed by atoms with Gasteiger partial charge in [0.05, 0.1) is 16.4 Å². The van der Waals surface area contributed by atoms with Crippen LogP contribution in [0.5, 0.6) is 0 Å². The normalized spacial score (nSPS) is 19.5. The molecule has 0 bridgehead atoms. The number of carbonyl (C=O) groups excluding carboxylic acids is 1. The third kappa shape index (κ3) is 4.17. The zero-order valence-electron chi connectivity index (χ0n) is 16.0. The Bertz CT molecular complexity index is 1290. The highest BCUT2D eigenvalue weighted by Crippen LogP contribution is 2.28. The number of aliphatic hydroxyl groups is 1. The Labute approximate surface area is 181 Å². The average Bonchev–Trinajstić information content (AvgIpc) is 3.16. The van der Waals surface area contributed by atoms with Crippen LogP contribution in [0.15, 0.2) is 58.2 Å². The Morgan fingerprint density at radius 1 is 1.19 bits per heavy atom. The maximum absolute atomic E-state index is 13.0. The second kappa shape index (κ2) is 8.35. The van der Waals surface area contributed by atoms with Crippen molar-refractivity contribution in [2.24, 2.45) is 0 Å². The summed E-state index contributed by atoms with van der Waals surface area (Å²) in [6, 6.07) is 10.8. The number of ether oxygens (including phenoxy) is 1. The molecule has 1 saturated heterocycles. The van der Waals surface area contributed by atoms with Gasteiger partial charge in [0, 0.05) is 18.0 Å². The number of hydrogen-bond acceptors (Lipinski definition) is 8. The summed E-state index contributed by atoms with van der Waals surface area (Å²) in [6.45, 7) is -0.808. The van der Waals surface area contributed by atoms with E-state index in [9.17, 15) is 23.1 Å². The van der Waals surface area contributed by atoms with Gasteiger partial charge in [0.1, 0.15) is 11.6 Å². The minimum Gasteiger partial charge on any atom is -0.441 e. The first-order valence-electron chi connectivity index (χ1n) is 9.22. The molecular weight excluding hydrogens is 448 g/mol. The molecule has 2 atom stereocenters. The number of nitrogens with zero attached hydrogens (tertiary/aromatic N) is 4. The lowest BCUT2D eigenvalue weighted by Gasteiger charge is -2.22. The predicted molar refractivity (Wildman–Crippen MR) is 110 cm³/mol. The van der Waals surface area contributed by atoms with Crippen LogP contribution in [0.3, 0.4) is 0 Å². The van der Waals surface area contributed by atoms with Gasteiger partial charge in [-0.25, -0.2) is 8.42 Å². The third-order valence-electron chi connectivity index (χ3n) is 4.88. The molecule has 0 saturated carbocycles. The molecular formula is C19H17ClN4O6S. The monoisotopic (exact) mass is 464 g/mol. The van der Waals surface area contributed by atoms with Crippen molar-refractivity contribution in [3.63, 3.8) is 0 Å². The van der Waals surface area contributed by atoms with Crippen molar-refractivity contribution in [2.45, 2.75) is 30.2 Å². The second-order valence-corrected chi connectivity index (χ2v) is 9.26. The van der Waals surface area contributed by atoms with Crippen LogP contribution in [0, 0.1) is 0 Å². The summed E-state index contributed by atoms with van der Waals surface area (Å²) < 4.78 is 32.8. The van der Waals surface area contributed by atoms with E-state index in [4.69, 9.17) is 16.3 Å². The van der Waals surface area contributed by atoms with Crippen LogP contribution in [0.25, 0.3) is 10.9 Å². The molecule has 2 heterocycles. The van der Waals surface area contributed by atoms with Crippen LogP contribution in [-0.2, 0) is 26.3 Å². The van der Waals surface area contributed by atoms with Crippen LogP contribution < -0.4 is 5.56 Å². The van der Waals surface area contributed by atoms with E-state index in [-0.39, 0.29) is 17.9 Å². The molecule has 0 amide bonds. The number of halogens is 1. The zero-order valence-corrected chi connectivity index (χ0v) is 17.5.